The van der Waals surface area contributed by atoms with E-state index >= 15 is 0 Å². The first-order chi connectivity index (χ1) is 14.4. The number of carbonyl (C=O) groups is 1. The lowest BCUT2D eigenvalue weighted by molar-refractivity contribution is -0.118. The molecule has 1 aromatic carbocycles. The summed E-state index contributed by atoms with van der Waals surface area (Å²) in [6, 6.07) is 6.14. The van der Waals surface area contributed by atoms with Crippen molar-refractivity contribution in [3.8, 4) is 0 Å². The highest BCUT2D eigenvalue weighted by Gasteiger charge is 2.50. The highest BCUT2D eigenvalue weighted by Crippen LogP contribution is 2.43. The van der Waals surface area contributed by atoms with Gasteiger partial charge < -0.3 is 4.90 Å². The molecule has 1 amide bonds. The van der Waals surface area contributed by atoms with Gasteiger partial charge in [0.1, 0.15) is 0 Å². The van der Waals surface area contributed by atoms with Gasteiger partial charge in [-0.25, -0.2) is 8.42 Å². The number of amides is 1. The molecule has 164 valence electrons. The van der Waals surface area contributed by atoms with E-state index in [1.807, 2.05) is 0 Å². The Labute approximate surface area is 184 Å². The van der Waals surface area contributed by atoms with Gasteiger partial charge in [-0.1, -0.05) is 69.5 Å². The smallest absolute Gasteiger partial charge is 0.248 e. The second kappa shape index (κ2) is 9.03. The number of nitrogens with zero attached hydrogens (tertiary/aromatic N) is 2. The van der Waals surface area contributed by atoms with Crippen LogP contribution in [0.5, 0.6) is 0 Å². The van der Waals surface area contributed by atoms with Crippen LogP contribution in [0.4, 0.5) is 5.69 Å². The summed E-state index contributed by atoms with van der Waals surface area (Å²) in [6.07, 6.45) is 8.16. The zero-order valence-electron chi connectivity index (χ0n) is 18.0. The van der Waals surface area contributed by atoms with Crippen LogP contribution in [0.3, 0.4) is 0 Å². The van der Waals surface area contributed by atoms with Crippen molar-refractivity contribution >= 4 is 38.4 Å². The second-order valence-electron chi connectivity index (χ2n) is 8.78. The number of anilines is 1. The minimum atomic E-state index is -3.06. The number of aliphatic imine (C=N–C) groups is 1. The fourth-order valence-electron chi connectivity index (χ4n) is 5.14. The molecule has 1 saturated carbocycles. The highest BCUT2D eigenvalue weighted by atomic mass is 32.2. The lowest BCUT2D eigenvalue weighted by Gasteiger charge is -2.29. The van der Waals surface area contributed by atoms with Crippen LogP contribution < -0.4 is 4.90 Å². The molecule has 2 saturated heterocycles. The number of benzene rings is 1. The molecule has 0 unspecified atom stereocenters. The summed E-state index contributed by atoms with van der Waals surface area (Å²) >= 11 is 1.49. The number of aryl methyl sites for hydroxylation is 2. The van der Waals surface area contributed by atoms with Gasteiger partial charge in [0, 0.05) is 17.4 Å². The first-order valence-corrected chi connectivity index (χ1v) is 14.0. The first kappa shape index (κ1) is 21.9. The Hall–Kier alpha value is -1.34. The summed E-state index contributed by atoms with van der Waals surface area (Å²) in [6.45, 7) is 4.24. The molecule has 2 heterocycles. The van der Waals surface area contributed by atoms with Crippen molar-refractivity contribution in [3.63, 3.8) is 0 Å². The van der Waals surface area contributed by atoms with Crippen molar-refractivity contribution in [3.05, 3.63) is 29.3 Å². The normalized spacial score (nSPS) is 27.1. The van der Waals surface area contributed by atoms with E-state index in [1.165, 1.54) is 48.6 Å². The van der Waals surface area contributed by atoms with Gasteiger partial charge >= 0.3 is 0 Å². The van der Waals surface area contributed by atoms with Crippen LogP contribution in [0.2, 0.25) is 0 Å². The van der Waals surface area contributed by atoms with Crippen LogP contribution in [0.1, 0.15) is 63.5 Å². The molecule has 0 aromatic heterocycles. The topological polar surface area (TPSA) is 66.8 Å². The molecule has 5 nitrogen and oxygen atoms in total. The van der Waals surface area contributed by atoms with Crippen LogP contribution in [0.15, 0.2) is 23.2 Å². The summed E-state index contributed by atoms with van der Waals surface area (Å²) in [5.74, 6) is 0.910. The maximum absolute atomic E-state index is 12.7. The average Bonchev–Trinajstić information content (AvgIpc) is 3.40. The van der Waals surface area contributed by atoms with E-state index in [2.05, 4.69) is 41.9 Å². The third-order valence-electron chi connectivity index (χ3n) is 6.73. The lowest BCUT2D eigenvalue weighted by Crippen LogP contribution is -2.39. The Balaban J connectivity index is 1.65. The van der Waals surface area contributed by atoms with E-state index < -0.39 is 9.84 Å². The van der Waals surface area contributed by atoms with Crippen molar-refractivity contribution in [2.75, 3.05) is 16.4 Å². The Bertz CT molecular complexity index is 914. The molecule has 1 aliphatic carbocycles. The number of fused-ring (bicyclic) bond motifs is 1. The Morgan fingerprint density at radius 2 is 1.80 bits per heavy atom. The van der Waals surface area contributed by atoms with Crippen molar-refractivity contribution < 1.29 is 13.2 Å². The minimum Gasteiger partial charge on any atom is -0.315 e. The Kier molecular flexibility index (Phi) is 6.58. The summed E-state index contributed by atoms with van der Waals surface area (Å²) in [4.78, 5) is 19.4. The van der Waals surface area contributed by atoms with E-state index in [9.17, 15) is 13.2 Å². The molecule has 3 aliphatic rings. The minimum absolute atomic E-state index is 0.0500. The molecular formula is C23H32N2O3S2. The maximum atomic E-state index is 12.7. The van der Waals surface area contributed by atoms with Gasteiger partial charge in [0.2, 0.25) is 5.91 Å². The van der Waals surface area contributed by atoms with Gasteiger partial charge in [-0.05, 0) is 36.3 Å². The highest BCUT2D eigenvalue weighted by molar-refractivity contribution is 8.16. The van der Waals surface area contributed by atoms with Gasteiger partial charge in [0.15, 0.2) is 15.0 Å². The fraction of sp³-hybridized carbons (Fsp3) is 0.652. The standard InChI is InChI=1S/C23H32N2O3S2/c1-3-17-10-7-11-18(4-2)22(17)25-19-14-30(27,28)15-20(19)29-23(25)24-21(26)13-12-16-8-5-6-9-16/h7,10-11,16,19-20H,3-6,8-9,12-15H2,1-2H3/t19-,20+/m0/s1. The van der Waals surface area contributed by atoms with Crippen molar-refractivity contribution in [1.29, 1.82) is 0 Å². The van der Waals surface area contributed by atoms with Gasteiger partial charge in [0.05, 0.1) is 17.5 Å². The van der Waals surface area contributed by atoms with Crippen LogP contribution in [0, 0.1) is 5.92 Å². The van der Waals surface area contributed by atoms with Crippen molar-refractivity contribution in [2.45, 2.75) is 76.5 Å². The zero-order valence-corrected chi connectivity index (χ0v) is 19.6. The SMILES string of the molecule is CCc1cccc(CC)c1N1C(=NC(=O)CCC2CCCC2)S[C@@H]2CS(=O)(=O)C[C@@H]21. The molecule has 4 rings (SSSR count). The Morgan fingerprint density at radius 1 is 1.13 bits per heavy atom. The molecule has 0 N–H and O–H groups in total. The van der Waals surface area contributed by atoms with Crippen LogP contribution in [-0.2, 0) is 27.5 Å². The van der Waals surface area contributed by atoms with Gasteiger partial charge in [-0.15, -0.1) is 0 Å². The molecule has 0 spiro atoms. The summed E-state index contributed by atoms with van der Waals surface area (Å²) in [7, 11) is -3.06. The summed E-state index contributed by atoms with van der Waals surface area (Å²) in [5, 5.41) is 0.651. The third kappa shape index (κ3) is 4.47. The quantitative estimate of drug-likeness (QED) is 0.646. The van der Waals surface area contributed by atoms with E-state index in [4.69, 9.17) is 0 Å². The van der Waals surface area contributed by atoms with E-state index in [0.717, 1.165) is 24.9 Å². The van der Waals surface area contributed by atoms with E-state index in [0.29, 0.717) is 17.5 Å². The number of amidine groups is 1. The predicted octanol–water partition coefficient (Wildman–Crippen LogP) is 4.38. The number of sulfone groups is 1. The van der Waals surface area contributed by atoms with Gasteiger partial charge in [-0.2, -0.15) is 4.99 Å². The molecule has 1 aromatic rings. The van der Waals surface area contributed by atoms with E-state index in [1.54, 1.807) is 0 Å². The number of para-hydroxylation sites is 1. The van der Waals surface area contributed by atoms with Crippen molar-refractivity contribution in [2.24, 2.45) is 10.9 Å². The first-order valence-electron chi connectivity index (χ1n) is 11.3. The number of thioether (sulfide) groups is 1. The maximum Gasteiger partial charge on any atom is 0.248 e. The second-order valence-corrected chi connectivity index (χ2v) is 12.1. The fourth-order valence-corrected chi connectivity index (χ4v) is 9.06. The number of hydrogen-bond donors (Lipinski definition) is 0. The van der Waals surface area contributed by atoms with Crippen LogP contribution in [0.25, 0.3) is 0 Å². The molecule has 2 aliphatic heterocycles. The molecule has 2 atom stereocenters. The number of carbonyl (C=O) groups excluding carboxylic acids is 1. The molecule has 30 heavy (non-hydrogen) atoms. The molecule has 0 radical (unpaired) electrons. The van der Waals surface area contributed by atoms with Crippen LogP contribution in [-0.4, -0.2) is 42.3 Å². The average molecular weight is 449 g/mol. The monoisotopic (exact) mass is 448 g/mol. The lowest BCUT2D eigenvalue weighted by atomic mass is 10.0. The summed E-state index contributed by atoms with van der Waals surface area (Å²) in [5.41, 5.74) is 3.44. The molecular weight excluding hydrogens is 416 g/mol. The van der Waals surface area contributed by atoms with Crippen molar-refractivity contribution in [1.82, 2.24) is 0 Å². The number of hydrogen-bond acceptors (Lipinski definition) is 4. The number of rotatable bonds is 6. The largest absolute Gasteiger partial charge is 0.315 e. The van der Waals surface area contributed by atoms with E-state index in [-0.39, 0.29) is 28.7 Å². The third-order valence-corrected chi connectivity index (χ3v) is 9.94. The molecule has 3 fully saturated rings. The predicted molar refractivity (Wildman–Crippen MR) is 125 cm³/mol. The van der Waals surface area contributed by atoms with Gasteiger partial charge in [-0.3, -0.25) is 4.79 Å². The van der Waals surface area contributed by atoms with Gasteiger partial charge in [0.25, 0.3) is 0 Å². The van der Waals surface area contributed by atoms with Crippen LogP contribution >= 0.6 is 11.8 Å². The Morgan fingerprint density at radius 3 is 2.43 bits per heavy atom. The molecule has 0 bridgehead atoms. The zero-order chi connectivity index (χ0) is 21.3. The molecule has 7 heteroatoms. The summed E-state index contributed by atoms with van der Waals surface area (Å²) < 4.78 is 24.7.